The fourth-order valence-corrected chi connectivity index (χ4v) is 21.0. The summed E-state index contributed by atoms with van der Waals surface area (Å²) in [6, 6.07) is 0. The van der Waals surface area contributed by atoms with Gasteiger partial charge in [0, 0.05) is 41.5 Å². The number of hydrogen-bond acceptors (Lipinski definition) is 48. The number of ether oxygens (including phenoxy) is 36. The zero-order valence-electron chi connectivity index (χ0n) is 64.3. The van der Waals surface area contributed by atoms with Gasteiger partial charge in [0.2, 0.25) is 107 Å². The molecule has 120 heavy (non-hydrogen) atoms. The first kappa shape index (κ1) is 74.9. The minimum absolute atomic E-state index is 0.438. The van der Waals surface area contributed by atoms with Gasteiger partial charge in [-0.25, -0.2) is 0 Å². The number of carbonyl (C=O) groups is 6. The van der Waals surface area contributed by atoms with Crippen molar-refractivity contribution in [1.82, 2.24) is 0 Å². The molecule has 12 saturated heterocycles. The quantitative estimate of drug-likeness (QED) is 0.0497. The highest BCUT2D eigenvalue weighted by Crippen LogP contribution is 2.78. The van der Waals surface area contributed by atoms with Crippen LogP contribution in [-0.2, 0) is 199 Å². The summed E-state index contributed by atoms with van der Waals surface area (Å²) in [5.74, 6) is -85.8. The molecule has 48 nitrogen and oxygen atoms in total. The molecule has 24 rings (SSSR count). The van der Waals surface area contributed by atoms with E-state index in [1.807, 2.05) is 0 Å². The van der Waals surface area contributed by atoms with Crippen LogP contribution in [0.1, 0.15) is 96.4 Å². The highest BCUT2D eigenvalue weighted by Gasteiger charge is 2.99. The molecule has 0 aromatic carbocycles. The first-order chi connectivity index (χ1) is 56.2. The van der Waals surface area contributed by atoms with Crippen molar-refractivity contribution in [2.75, 3.05) is 0 Å². The van der Waals surface area contributed by atoms with Crippen LogP contribution in [0.25, 0.3) is 0 Å². The minimum Gasteiger partial charge on any atom is -0.450 e. The monoisotopic (exact) mass is 1700 g/mol. The molecule has 0 aromatic heterocycles. The van der Waals surface area contributed by atoms with Gasteiger partial charge in [-0.1, -0.05) is 26.7 Å². The van der Waals surface area contributed by atoms with Crippen LogP contribution < -0.4 is 0 Å². The summed E-state index contributed by atoms with van der Waals surface area (Å²) < 4.78 is 222. The molecule has 0 aromatic rings. The molecule has 12 bridgehead atoms. The number of hydrogen-bond donors (Lipinski definition) is 6. The summed E-state index contributed by atoms with van der Waals surface area (Å²) in [4.78, 5) is 102. The third-order valence-electron chi connectivity index (χ3n) is 25.3. The van der Waals surface area contributed by atoms with Crippen LogP contribution in [-0.4, -0.2) is 246 Å². The molecule has 0 radical (unpaired) electrons. The van der Waals surface area contributed by atoms with E-state index in [-0.39, 0.29) is 0 Å². The predicted molar refractivity (Wildman–Crippen MR) is 338 cm³/mol. The Balaban J connectivity index is 0.676. The van der Waals surface area contributed by atoms with Crippen molar-refractivity contribution in [2.24, 2.45) is 23.2 Å². The molecule has 0 saturated carbocycles. The highest BCUT2D eigenvalue weighted by atomic mass is 17.0. The van der Waals surface area contributed by atoms with Crippen molar-refractivity contribution in [3.05, 3.63) is 106 Å². The standard InChI is InChI=1S/C72H68O48/c1-17-54(51(76)112-58-33(64(82)70(118-58,106-30(14)100-64)45-39(58)88-24(8)94-45)48(73)109-55-18(2)61(79)67(115-55,103-27(11)97-61)42-36(55)85-21(5)91-42,52(77)113-59-34(65(83)71(119-59,107-31(15)101-65)46-40(59)89-25(9)95-46)49(74)110-56-19(3)62(80)68(116-56,104-28(12)98-62)43-37(56)86-22(6)92-43)53(78)114-60-35(66(84)72(120-60,108-32(16)102-66)47-41(60)90-26(10)96-47)50(75)111-57-20(4)63(81)69(117-57,105-29(13)99-63)44-38(57)87-23(7)93-44/h21-35,79-84H,2-4,17H2,1,5-16H3. The van der Waals surface area contributed by atoms with Crippen LogP contribution in [0.3, 0.4) is 0 Å². The van der Waals surface area contributed by atoms with E-state index >= 15 is 28.8 Å². The SMILES string of the molecule is C=C1C2(OC(=O)C3C4(OC(=O)C(CC)(C(=O)OC56OC7(OC(C)OC7(O)C5C(=O)OC57OC8(OC(C)OC8(O)C5=C)C5=C7OC(C)O5)C5=C6OC(C)O5)C(=O)OC56OC7(OC(C)OC7(O)C5C(=O)OC57OC8(OC(C)OC8(O)C5=C)C5=C7OC(C)O5)C5=C6OC(C)O5)OC5(OC(C)OC35O)C3=C4OC(C)O3)OC3(OC(C)OC13O)C1=C2OC(C)O1. The van der Waals surface area contributed by atoms with Gasteiger partial charge in [0.25, 0.3) is 92.2 Å². The van der Waals surface area contributed by atoms with Crippen LogP contribution in [0.2, 0.25) is 0 Å². The number of carbonyl (C=O) groups excluding carboxylic acids is 6. The van der Waals surface area contributed by atoms with Gasteiger partial charge in [0.15, 0.2) is 55.5 Å². The summed E-state index contributed by atoms with van der Waals surface area (Å²) in [6.07, 6.45) is -19.0. The van der Waals surface area contributed by atoms with E-state index in [9.17, 15) is 30.6 Å². The van der Waals surface area contributed by atoms with Crippen molar-refractivity contribution >= 4 is 35.8 Å². The third kappa shape index (κ3) is 7.23. The van der Waals surface area contributed by atoms with E-state index < -0.39 is 331 Å². The molecule has 24 aliphatic heterocycles. The van der Waals surface area contributed by atoms with Crippen LogP contribution >= 0.6 is 0 Å². The van der Waals surface area contributed by atoms with Crippen molar-refractivity contribution in [3.63, 3.8) is 0 Å². The summed E-state index contributed by atoms with van der Waals surface area (Å²) in [5, 5.41) is 78.0. The van der Waals surface area contributed by atoms with Gasteiger partial charge >= 0.3 is 53.2 Å². The van der Waals surface area contributed by atoms with E-state index in [0.29, 0.717) is 0 Å². The lowest BCUT2D eigenvalue weighted by atomic mass is 9.79. The molecule has 33 unspecified atom stereocenters. The molecule has 33 atom stereocenters. The van der Waals surface area contributed by atoms with Crippen LogP contribution in [0.5, 0.6) is 0 Å². The Bertz CT molecular complexity index is 4780. The van der Waals surface area contributed by atoms with Gasteiger partial charge in [0.05, 0.1) is 16.7 Å². The number of fused-ring (bicyclic) bond motifs is 12. The lowest BCUT2D eigenvalue weighted by Gasteiger charge is -2.41. The van der Waals surface area contributed by atoms with Gasteiger partial charge in [-0.3, -0.25) is 57.2 Å². The largest absolute Gasteiger partial charge is 0.450 e. The Kier molecular flexibility index (Phi) is 13.1. The molecule has 0 amide bonds. The first-order valence-electron chi connectivity index (χ1n) is 37.9. The smallest absolute Gasteiger partial charge is 0.338 e. The van der Waals surface area contributed by atoms with E-state index in [2.05, 4.69) is 19.7 Å². The average Bonchev–Trinajstić information content (AvgIpc) is 1.48. The van der Waals surface area contributed by atoms with Gasteiger partial charge < -0.3 is 173 Å². The zero-order chi connectivity index (χ0) is 84.4. The van der Waals surface area contributed by atoms with Gasteiger partial charge in [0.1, 0.15) is 0 Å². The fourth-order valence-electron chi connectivity index (χ4n) is 21.0. The van der Waals surface area contributed by atoms with E-state index in [0.717, 1.165) is 6.92 Å². The molecule has 12 fully saturated rings. The topological polar surface area (TPSA) is 556 Å². The molecule has 24 heterocycles. The molecular weight excluding hydrogens is 1630 g/mol. The maximum atomic E-state index is 17.5. The maximum absolute atomic E-state index is 17.5. The Morgan fingerprint density at radius 3 is 0.733 bits per heavy atom. The molecule has 6 spiro atoms. The fraction of sp³-hybridized carbons (Fsp3) is 0.667. The van der Waals surface area contributed by atoms with Crippen LogP contribution in [0.4, 0.5) is 0 Å². The van der Waals surface area contributed by atoms with Crippen LogP contribution in [0.15, 0.2) is 106 Å². The van der Waals surface area contributed by atoms with E-state index in [1.165, 1.54) is 83.1 Å². The third-order valence-corrected chi connectivity index (χ3v) is 25.3. The van der Waals surface area contributed by atoms with Gasteiger partial charge in [-0.05, 0) is 48.0 Å². The predicted octanol–water partition coefficient (Wildman–Crippen LogP) is -2.11. The molecule has 48 heteroatoms. The second kappa shape index (κ2) is 21.0. The normalized spacial score (nSPS) is 54.8. The summed E-state index contributed by atoms with van der Waals surface area (Å²) in [5.41, 5.74) is -6.31. The molecule has 6 N–H and O–H groups in total. The summed E-state index contributed by atoms with van der Waals surface area (Å²) in [6.45, 7) is 28.4. The van der Waals surface area contributed by atoms with Crippen molar-refractivity contribution in [3.8, 4) is 0 Å². The van der Waals surface area contributed by atoms with Crippen LogP contribution in [0, 0.1) is 23.2 Å². The maximum Gasteiger partial charge on any atom is 0.338 e. The average molecular weight is 1700 g/mol. The Morgan fingerprint density at radius 1 is 0.283 bits per heavy atom. The molecule has 24 aliphatic rings. The lowest BCUT2D eigenvalue weighted by molar-refractivity contribution is -0.318. The second-order valence-electron chi connectivity index (χ2n) is 32.2. The van der Waals surface area contributed by atoms with Crippen molar-refractivity contribution in [2.45, 2.75) is 276 Å². The van der Waals surface area contributed by atoms with Gasteiger partial charge in [-0.2, -0.15) is 0 Å². The van der Waals surface area contributed by atoms with Gasteiger partial charge in [-0.15, -0.1) is 0 Å². The lowest BCUT2D eigenvalue weighted by Crippen LogP contribution is -2.64. The minimum atomic E-state index is -4.29. The molecule has 644 valence electrons. The number of esters is 6. The number of aliphatic hydroxyl groups is 6. The molecule has 0 aliphatic carbocycles. The summed E-state index contributed by atoms with van der Waals surface area (Å²) in [7, 11) is 0. The van der Waals surface area contributed by atoms with Crippen molar-refractivity contribution < 1.29 is 230 Å². The Labute approximate surface area is 668 Å². The first-order valence-corrected chi connectivity index (χ1v) is 37.9. The zero-order valence-corrected chi connectivity index (χ0v) is 64.3. The highest BCUT2D eigenvalue weighted by molar-refractivity contribution is 6.18. The van der Waals surface area contributed by atoms with E-state index in [1.54, 1.807) is 0 Å². The summed E-state index contributed by atoms with van der Waals surface area (Å²) >= 11 is 0. The second-order valence-corrected chi connectivity index (χ2v) is 32.2. The van der Waals surface area contributed by atoms with Crippen molar-refractivity contribution in [1.29, 1.82) is 0 Å². The Morgan fingerprint density at radius 2 is 0.492 bits per heavy atom. The molecular formula is C72H68O48. The Hall–Kier alpha value is -8.88. The number of rotatable bonds is 13. The van der Waals surface area contributed by atoms with E-state index in [4.69, 9.17) is 171 Å².